The fourth-order valence-corrected chi connectivity index (χ4v) is 1.84. The van der Waals surface area contributed by atoms with E-state index < -0.39 is 5.97 Å². The number of carboxylic acids is 1. The molecule has 1 N–H and O–H groups in total. The van der Waals surface area contributed by atoms with Gasteiger partial charge in [-0.25, -0.2) is 0 Å². The van der Waals surface area contributed by atoms with Crippen molar-refractivity contribution in [2.24, 2.45) is 0 Å². The monoisotopic (exact) mass is 251 g/mol. The van der Waals surface area contributed by atoms with Crippen LogP contribution in [0, 0.1) is 0 Å². The summed E-state index contributed by atoms with van der Waals surface area (Å²) in [6.07, 6.45) is 1.87. The van der Waals surface area contributed by atoms with E-state index in [-0.39, 0.29) is 6.42 Å². The summed E-state index contributed by atoms with van der Waals surface area (Å²) in [6, 6.07) is 7.93. The minimum atomic E-state index is -0.720. The van der Waals surface area contributed by atoms with E-state index in [0.29, 0.717) is 0 Å². The van der Waals surface area contributed by atoms with E-state index in [9.17, 15) is 4.79 Å². The Hall–Kier alpha value is -1.71. The van der Waals surface area contributed by atoms with Gasteiger partial charge in [0.1, 0.15) is 5.75 Å². The average molecular weight is 251 g/mol. The predicted octanol–water partition coefficient (Wildman–Crippen LogP) is 2.78. The summed E-state index contributed by atoms with van der Waals surface area (Å²) in [4.78, 5) is 12.7. The third-order valence-electron chi connectivity index (χ3n) is 2.89. The second-order valence-corrected chi connectivity index (χ2v) is 4.13. The van der Waals surface area contributed by atoms with Crippen molar-refractivity contribution < 1.29 is 14.6 Å². The lowest BCUT2D eigenvalue weighted by Gasteiger charge is -2.23. The number of unbranched alkanes of at least 4 members (excludes halogenated alkanes) is 1. The molecule has 0 bridgehead atoms. The molecule has 0 aliphatic rings. The number of carboxylic acid groups (broad SMARTS) is 1. The molecule has 1 rings (SSSR count). The molecule has 4 heteroatoms. The Labute approximate surface area is 108 Å². The topological polar surface area (TPSA) is 49.8 Å². The highest BCUT2D eigenvalue weighted by Crippen LogP contribution is 2.19. The number of rotatable bonds is 8. The first kappa shape index (κ1) is 14.4. The first-order valence-electron chi connectivity index (χ1n) is 6.28. The SMILES string of the molecule is CCN(CCCCC(=O)O)c1ccc(OC)cc1. The van der Waals surface area contributed by atoms with Crippen molar-refractivity contribution in [1.29, 1.82) is 0 Å². The first-order chi connectivity index (χ1) is 8.67. The number of hydrogen-bond donors (Lipinski definition) is 1. The van der Waals surface area contributed by atoms with Gasteiger partial charge in [0, 0.05) is 25.2 Å². The van der Waals surface area contributed by atoms with E-state index in [2.05, 4.69) is 11.8 Å². The minimum absolute atomic E-state index is 0.250. The molecule has 0 saturated heterocycles. The fraction of sp³-hybridized carbons (Fsp3) is 0.500. The van der Waals surface area contributed by atoms with Crippen LogP contribution in [0.15, 0.2) is 24.3 Å². The summed E-state index contributed by atoms with van der Waals surface area (Å²) in [5.41, 5.74) is 1.15. The standard InChI is InChI=1S/C14H21NO3/c1-3-15(11-5-4-6-14(16)17)12-7-9-13(18-2)10-8-12/h7-10H,3-6,11H2,1-2H3,(H,16,17). The van der Waals surface area contributed by atoms with E-state index >= 15 is 0 Å². The second-order valence-electron chi connectivity index (χ2n) is 4.13. The van der Waals surface area contributed by atoms with Crippen LogP contribution in [-0.4, -0.2) is 31.3 Å². The van der Waals surface area contributed by atoms with Crippen LogP contribution < -0.4 is 9.64 Å². The minimum Gasteiger partial charge on any atom is -0.497 e. The Kier molecular flexibility index (Phi) is 6.05. The number of anilines is 1. The summed E-state index contributed by atoms with van der Waals surface area (Å²) in [5, 5.41) is 8.58. The van der Waals surface area contributed by atoms with Gasteiger partial charge in [0.15, 0.2) is 0 Å². The summed E-state index contributed by atoms with van der Waals surface area (Å²) >= 11 is 0. The van der Waals surface area contributed by atoms with Crippen LogP contribution in [0.4, 0.5) is 5.69 Å². The molecule has 0 fully saturated rings. The second kappa shape index (κ2) is 7.58. The van der Waals surface area contributed by atoms with E-state index in [1.807, 2.05) is 24.3 Å². The van der Waals surface area contributed by atoms with Gasteiger partial charge >= 0.3 is 5.97 Å². The van der Waals surface area contributed by atoms with Crippen molar-refractivity contribution in [2.45, 2.75) is 26.2 Å². The number of carbonyl (C=O) groups is 1. The maximum Gasteiger partial charge on any atom is 0.303 e. The molecule has 100 valence electrons. The summed E-state index contributed by atoms with van der Waals surface area (Å²) < 4.78 is 5.12. The van der Waals surface area contributed by atoms with E-state index in [1.54, 1.807) is 7.11 Å². The van der Waals surface area contributed by atoms with E-state index in [0.717, 1.165) is 37.4 Å². The van der Waals surface area contributed by atoms with Gasteiger partial charge in [0.2, 0.25) is 0 Å². The molecule has 0 unspecified atom stereocenters. The molecule has 0 aliphatic heterocycles. The largest absolute Gasteiger partial charge is 0.497 e. The zero-order valence-corrected chi connectivity index (χ0v) is 11.1. The molecule has 0 spiro atoms. The van der Waals surface area contributed by atoms with Crippen LogP contribution in [0.2, 0.25) is 0 Å². The maximum absolute atomic E-state index is 10.4. The molecule has 0 heterocycles. The van der Waals surface area contributed by atoms with Gasteiger partial charge in [0.25, 0.3) is 0 Å². The number of hydrogen-bond acceptors (Lipinski definition) is 3. The van der Waals surface area contributed by atoms with Crippen molar-refractivity contribution in [2.75, 3.05) is 25.1 Å². The normalized spacial score (nSPS) is 10.1. The third-order valence-corrected chi connectivity index (χ3v) is 2.89. The van der Waals surface area contributed by atoms with Gasteiger partial charge in [-0.3, -0.25) is 4.79 Å². The Morgan fingerprint density at radius 2 is 1.94 bits per heavy atom. The first-order valence-corrected chi connectivity index (χ1v) is 6.28. The zero-order chi connectivity index (χ0) is 13.4. The number of aliphatic carboxylic acids is 1. The Balaban J connectivity index is 2.46. The molecule has 0 atom stereocenters. The van der Waals surface area contributed by atoms with Gasteiger partial charge in [-0.15, -0.1) is 0 Å². The number of nitrogens with zero attached hydrogens (tertiary/aromatic N) is 1. The zero-order valence-electron chi connectivity index (χ0n) is 11.1. The third kappa shape index (κ3) is 4.65. The molecular weight excluding hydrogens is 230 g/mol. The average Bonchev–Trinajstić information content (AvgIpc) is 2.39. The van der Waals surface area contributed by atoms with Crippen LogP contribution in [0.3, 0.4) is 0 Å². The Bertz CT molecular complexity index is 362. The van der Waals surface area contributed by atoms with Gasteiger partial charge in [-0.05, 0) is 44.0 Å². The summed E-state index contributed by atoms with van der Waals surface area (Å²) in [7, 11) is 1.65. The lowest BCUT2D eigenvalue weighted by molar-refractivity contribution is -0.137. The number of benzene rings is 1. The van der Waals surface area contributed by atoms with Crippen molar-refractivity contribution in [3.8, 4) is 5.75 Å². The molecule has 1 aromatic carbocycles. The number of methoxy groups -OCH3 is 1. The van der Waals surface area contributed by atoms with Crippen molar-refractivity contribution >= 4 is 11.7 Å². The van der Waals surface area contributed by atoms with E-state index in [4.69, 9.17) is 9.84 Å². The molecule has 18 heavy (non-hydrogen) atoms. The highest BCUT2D eigenvalue weighted by Gasteiger charge is 2.05. The molecule has 0 aromatic heterocycles. The highest BCUT2D eigenvalue weighted by molar-refractivity contribution is 5.66. The molecule has 0 radical (unpaired) electrons. The summed E-state index contributed by atoms with van der Waals surface area (Å²) in [5.74, 6) is 0.128. The Morgan fingerprint density at radius 1 is 1.28 bits per heavy atom. The summed E-state index contributed by atoms with van der Waals surface area (Å²) in [6.45, 7) is 3.90. The number of ether oxygens (including phenoxy) is 1. The van der Waals surface area contributed by atoms with Crippen LogP contribution in [0.1, 0.15) is 26.2 Å². The predicted molar refractivity (Wildman–Crippen MR) is 72.4 cm³/mol. The lowest BCUT2D eigenvalue weighted by atomic mass is 10.2. The Morgan fingerprint density at radius 3 is 2.44 bits per heavy atom. The van der Waals surface area contributed by atoms with Gasteiger partial charge in [-0.1, -0.05) is 0 Å². The van der Waals surface area contributed by atoms with Crippen LogP contribution in [-0.2, 0) is 4.79 Å². The smallest absolute Gasteiger partial charge is 0.303 e. The quantitative estimate of drug-likeness (QED) is 0.722. The van der Waals surface area contributed by atoms with Crippen molar-refractivity contribution in [1.82, 2.24) is 0 Å². The molecular formula is C14H21NO3. The van der Waals surface area contributed by atoms with Crippen molar-refractivity contribution in [3.63, 3.8) is 0 Å². The van der Waals surface area contributed by atoms with Gasteiger partial charge in [-0.2, -0.15) is 0 Å². The van der Waals surface area contributed by atoms with E-state index in [1.165, 1.54) is 0 Å². The van der Waals surface area contributed by atoms with Gasteiger partial charge in [0.05, 0.1) is 7.11 Å². The lowest BCUT2D eigenvalue weighted by Crippen LogP contribution is -2.23. The van der Waals surface area contributed by atoms with Gasteiger partial charge < -0.3 is 14.7 Å². The molecule has 0 saturated carbocycles. The molecule has 1 aromatic rings. The highest BCUT2D eigenvalue weighted by atomic mass is 16.5. The van der Waals surface area contributed by atoms with Crippen LogP contribution in [0.5, 0.6) is 5.75 Å². The molecule has 0 aliphatic carbocycles. The van der Waals surface area contributed by atoms with Crippen LogP contribution >= 0.6 is 0 Å². The fourth-order valence-electron chi connectivity index (χ4n) is 1.84. The maximum atomic E-state index is 10.4. The molecule has 0 amide bonds. The van der Waals surface area contributed by atoms with Crippen LogP contribution in [0.25, 0.3) is 0 Å². The molecule has 4 nitrogen and oxygen atoms in total. The van der Waals surface area contributed by atoms with Crippen molar-refractivity contribution in [3.05, 3.63) is 24.3 Å².